The molecule has 0 radical (unpaired) electrons. The van der Waals surface area contributed by atoms with Gasteiger partial charge in [0.1, 0.15) is 0 Å². The Morgan fingerprint density at radius 2 is 1.00 bits per heavy atom. The zero-order chi connectivity index (χ0) is 20.5. The van der Waals surface area contributed by atoms with E-state index in [0.717, 1.165) is 59.8 Å². The summed E-state index contributed by atoms with van der Waals surface area (Å²) in [5, 5.41) is 28.4. The molecule has 1 saturated heterocycles. The van der Waals surface area contributed by atoms with Crippen molar-refractivity contribution in [2.24, 2.45) is 11.5 Å². The van der Waals surface area contributed by atoms with Gasteiger partial charge in [-0.25, -0.2) is 0 Å². The van der Waals surface area contributed by atoms with Crippen LogP contribution in [0.2, 0.25) is 0 Å². The van der Waals surface area contributed by atoms with Crippen molar-refractivity contribution in [3.05, 3.63) is 0 Å². The Hall–Kier alpha value is -1.30. The van der Waals surface area contributed by atoms with Crippen molar-refractivity contribution in [1.82, 2.24) is 21.3 Å². The first-order valence-corrected chi connectivity index (χ1v) is 9.00. The van der Waals surface area contributed by atoms with Crippen LogP contribution >= 0.6 is 0 Å². The summed E-state index contributed by atoms with van der Waals surface area (Å²) in [6, 6.07) is 0. The second-order valence-electron chi connectivity index (χ2n) is 5.35. The van der Waals surface area contributed by atoms with Crippen LogP contribution in [0.3, 0.4) is 0 Å². The second kappa shape index (κ2) is 28.5. The van der Waals surface area contributed by atoms with Gasteiger partial charge in [-0.2, -0.15) is 0 Å². The molecule has 0 unspecified atom stereocenters. The Bertz CT molecular complexity index is 221. The number of hydrogen-bond donors (Lipinski definition) is 8. The molecule has 0 atom stereocenters. The van der Waals surface area contributed by atoms with E-state index in [0.29, 0.717) is 13.1 Å². The fourth-order valence-electron chi connectivity index (χ4n) is 1.53. The summed E-state index contributed by atoms with van der Waals surface area (Å²) in [5.41, 5.74) is 9.81. The number of rotatable bonds is 1. The van der Waals surface area contributed by atoms with Crippen molar-refractivity contribution in [2.75, 3.05) is 59.0 Å². The molecule has 0 spiro atoms. The Kier molecular flexibility index (Phi) is 32.3. The fraction of sp³-hybridized carbons (Fsp3) is 0.875. The molecule has 0 aromatic rings. The van der Waals surface area contributed by atoms with E-state index in [1.54, 1.807) is 0 Å². The van der Waals surface area contributed by atoms with E-state index in [-0.39, 0.29) is 0 Å². The molecular weight excluding hydrogens is 340 g/mol. The molecule has 26 heavy (non-hydrogen) atoms. The van der Waals surface area contributed by atoms with E-state index < -0.39 is 11.9 Å². The minimum Gasteiger partial charge on any atom is -0.481 e. The van der Waals surface area contributed by atoms with Crippen LogP contribution in [-0.4, -0.2) is 81.2 Å². The van der Waals surface area contributed by atoms with Crippen LogP contribution in [0.25, 0.3) is 0 Å². The first kappa shape index (κ1) is 29.5. The van der Waals surface area contributed by atoms with E-state index in [9.17, 15) is 0 Å². The molecule has 0 aromatic carbocycles. The summed E-state index contributed by atoms with van der Waals surface area (Å²) in [4.78, 5) is 18.0. The van der Waals surface area contributed by atoms with Gasteiger partial charge in [0.2, 0.25) is 0 Å². The van der Waals surface area contributed by atoms with Crippen LogP contribution in [0.4, 0.5) is 0 Å². The fourth-order valence-corrected chi connectivity index (χ4v) is 1.53. The first-order chi connectivity index (χ1) is 12.4. The van der Waals surface area contributed by atoms with Crippen LogP contribution in [0.1, 0.15) is 33.1 Å². The van der Waals surface area contributed by atoms with Gasteiger partial charge >= 0.3 is 0 Å². The van der Waals surface area contributed by atoms with Crippen molar-refractivity contribution >= 4 is 11.9 Å². The van der Waals surface area contributed by atoms with Gasteiger partial charge in [0.25, 0.3) is 11.9 Å². The normalized spacial score (nSPS) is 16.0. The number of carbonyl (C=O) groups is 2. The maximum atomic E-state index is 9.00. The molecule has 10 N–H and O–H groups in total. The minimum atomic E-state index is -0.833. The van der Waals surface area contributed by atoms with E-state index >= 15 is 0 Å². The SMILES string of the molecule is C1CCNCNCCCNCCNC1.CC(=O)O.CC(=O)O.NCCN. The van der Waals surface area contributed by atoms with E-state index in [4.69, 9.17) is 31.3 Å². The highest BCUT2D eigenvalue weighted by molar-refractivity contribution is 5.63. The van der Waals surface area contributed by atoms with Crippen LogP contribution in [0, 0.1) is 0 Å². The largest absolute Gasteiger partial charge is 0.481 e. The number of carboxylic acids is 2. The molecule has 0 aromatic heterocycles. The predicted molar refractivity (Wildman–Crippen MR) is 105 cm³/mol. The van der Waals surface area contributed by atoms with Crippen molar-refractivity contribution < 1.29 is 19.8 Å². The molecule has 10 heteroatoms. The molecule has 10 nitrogen and oxygen atoms in total. The zero-order valence-electron chi connectivity index (χ0n) is 16.4. The van der Waals surface area contributed by atoms with Crippen molar-refractivity contribution in [3.63, 3.8) is 0 Å². The van der Waals surface area contributed by atoms with Gasteiger partial charge in [0, 0.05) is 46.7 Å². The van der Waals surface area contributed by atoms with Gasteiger partial charge in [0.15, 0.2) is 0 Å². The lowest BCUT2D eigenvalue weighted by atomic mass is 10.3. The molecule has 1 fully saturated rings. The average Bonchev–Trinajstić information content (AvgIpc) is 2.56. The quantitative estimate of drug-likeness (QED) is 0.269. The second-order valence-corrected chi connectivity index (χ2v) is 5.35. The molecule has 1 aliphatic rings. The monoisotopic (exact) mass is 380 g/mol. The summed E-state index contributed by atoms with van der Waals surface area (Å²) >= 11 is 0. The van der Waals surface area contributed by atoms with Crippen molar-refractivity contribution in [2.45, 2.75) is 33.1 Å². The van der Waals surface area contributed by atoms with Gasteiger partial charge in [-0.15, -0.1) is 0 Å². The van der Waals surface area contributed by atoms with E-state index in [1.807, 2.05) is 0 Å². The summed E-state index contributed by atoms with van der Waals surface area (Å²) in [7, 11) is 0. The lowest BCUT2D eigenvalue weighted by molar-refractivity contribution is -0.135. The third kappa shape index (κ3) is 57.0. The Balaban J connectivity index is -0.000000362. The van der Waals surface area contributed by atoms with Gasteiger partial charge < -0.3 is 42.9 Å². The van der Waals surface area contributed by atoms with Gasteiger partial charge in [-0.1, -0.05) is 0 Å². The molecule has 1 aliphatic heterocycles. The zero-order valence-corrected chi connectivity index (χ0v) is 16.4. The van der Waals surface area contributed by atoms with Gasteiger partial charge in [-0.3, -0.25) is 9.59 Å². The highest BCUT2D eigenvalue weighted by atomic mass is 16.4. The maximum absolute atomic E-state index is 9.00. The van der Waals surface area contributed by atoms with Crippen LogP contribution in [0.15, 0.2) is 0 Å². The van der Waals surface area contributed by atoms with Crippen molar-refractivity contribution in [1.29, 1.82) is 0 Å². The topological polar surface area (TPSA) is 175 Å². The van der Waals surface area contributed by atoms with Crippen molar-refractivity contribution in [3.8, 4) is 0 Å². The Labute approximate surface area is 157 Å². The lowest BCUT2D eigenvalue weighted by Gasteiger charge is -2.10. The summed E-state index contributed by atoms with van der Waals surface area (Å²) in [6.45, 7) is 11.0. The number of nitrogens with one attached hydrogen (secondary N) is 4. The number of nitrogens with two attached hydrogens (primary N) is 2. The summed E-state index contributed by atoms with van der Waals surface area (Å²) < 4.78 is 0. The molecule has 158 valence electrons. The highest BCUT2D eigenvalue weighted by Gasteiger charge is 1.93. The lowest BCUT2D eigenvalue weighted by Crippen LogP contribution is -2.34. The third-order valence-electron chi connectivity index (χ3n) is 2.56. The molecule has 0 aliphatic carbocycles. The van der Waals surface area contributed by atoms with Gasteiger partial charge in [0.05, 0.1) is 0 Å². The standard InChI is InChI=1S/C10H24N4.C2H8N2.2C2H4O2/c1-2-5-13-10-14-7-3-6-12-9-8-11-4-1;3-1-2-4;2*1-2(3)4/h11-14H,1-10H2;1-4H2;2*1H3,(H,3,4). The number of aliphatic carboxylic acids is 2. The van der Waals surface area contributed by atoms with Crippen LogP contribution in [-0.2, 0) is 9.59 Å². The molecule has 1 heterocycles. The van der Waals surface area contributed by atoms with E-state index in [1.165, 1.54) is 19.3 Å². The molecular formula is C16H40N6O4. The first-order valence-electron chi connectivity index (χ1n) is 9.00. The minimum absolute atomic E-state index is 0.597. The molecule has 0 amide bonds. The summed E-state index contributed by atoms with van der Waals surface area (Å²) in [6.07, 6.45) is 3.75. The number of hydrogen-bond acceptors (Lipinski definition) is 8. The molecule has 0 saturated carbocycles. The maximum Gasteiger partial charge on any atom is 0.300 e. The smallest absolute Gasteiger partial charge is 0.300 e. The van der Waals surface area contributed by atoms with E-state index in [2.05, 4.69) is 21.3 Å². The van der Waals surface area contributed by atoms with Crippen LogP contribution < -0.4 is 32.7 Å². The molecule has 1 rings (SSSR count). The Morgan fingerprint density at radius 3 is 1.38 bits per heavy atom. The summed E-state index contributed by atoms with van der Waals surface area (Å²) in [5.74, 6) is -1.67. The average molecular weight is 381 g/mol. The Morgan fingerprint density at radius 1 is 0.692 bits per heavy atom. The third-order valence-corrected chi connectivity index (χ3v) is 2.56. The predicted octanol–water partition coefficient (Wildman–Crippen LogP) is -1.43. The van der Waals surface area contributed by atoms with Gasteiger partial charge in [-0.05, 0) is 45.4 Å². The number of carboxylic acid groups (broad SMARTS) is 2. The highest BCUT2D eigenvalue weighted by Crippen LogP contribution is 1.84. The molecule has 0 bridgehead atoms. The van der Waals surface area contributed by atoms with Crippen LogP contribution in [0.5, 0.6) is 0 Å².